The number of hydrogen-bond acceptors (Lipinski definition) is 2. The van der Waals surface area contributed by atoms with Gasteiger partial charge in [0.2, 0.25) is 0 Å². The van der Waals surface area contributed by atoms with Gasteiger partial charge < -0.3 is 4.74 Å². The number of unbranched alkanes of at least 4 members (excludes halogenated alkanes) is 2. The predicted molar refractivity (Wildman–Crippen MR) is 77.2 cm³/mol. The van der Waals surface area contributed by atoms with E-state index in [1.54, 1.807) is 0 Å². The summed E-state index contributed by atoms with van der Waals surface area (Å²) >= 11 is 5.87. The Hall–Kier alpha value is -1.02. The summed E-state index contributed by atoms with van der Waals surface area (Å²) in [5.41, 5.74) is 1.05. The third-order valence-electron chi connectivity index (χ3n) is 3.77. The zero-order valence-corrected chi connectivity index (χ0v) is 12.2. The smallest absolute Gasteiger partial charge is 0.309 e. The molecule has 0 spiro atoms. The Kier molecular flexibility index (Phi) is 5.26. The molecule has 2 nitrogen and oxygen atoms in total. The number of esters is 1. The first-order valence-electron chi connectivity index (χ1n) is 7.16. The third-order valence-corrected chi connectivity index (χ3v) is 4.02. The van der Waals surface area contributed by atoms with Crippen molar-refractivity contribution in [2.75, 3.05) is 0 Å². The Morgan fingerprint density at radius 3 is 2.58 bits per heavy atom. The fourth-order valence-electron chi connectivity index (χ4n) is 2.58. The van der Waals surface area contributed by atoms with Gasteiger partial charge in [0.1, 0.15) is 6.10 Å². The van der Waals surface area contributed by atoms with E-state index in [1.165, 1.54) is 12.8 Å². The van der Waals surface area contributed by atoms with Crippen LogP contribution in [0.5, 0.6) is 0 Å². The Labute approximate surface area is 120 Å². The van der Waals surface area contributed by atoms with Gasteiger partial charge in [0, 0.05) is 5.02 Å². The van der Waals surface area contributed by atoms with E-state index in [4.69, 9.17) is 16.3 Å². The Morgan fingerprint density at radius 2 is 1.95 bits per heavy atom. The van der Waals surface area contributed by atoms with E-state index in [0.29, 0.717) is 5.02 Å². The van der Waals surface area contributed by atoms with E-state index in [-0.39, 0.29) is 18.0 Å². The molecule has 1 fully saturated rings. The van der Waals surface area contributed by atoms with Gasteiger partial charge in [0.05, 0.1) is 5.92 Å². The molecule has 0 bridgehead atoms. The second kappa shape index (κ2) is 6.95. The Balaban J connectivity index is 1.89. The van der Waals surface area contributed by atoms with Crippen LogP contribution in [0, 0.1) is 5.92 Å². The maximum absolute atomic E-state index is 12.0. The minimum atomic E-state index is -0.0906. The molecule has 2 rings (SSSR count). The number of carbonyl (C=O) groups is 1. The summed E-state index contributed by atoms with van der Waals surface area (Å²) in [6, 6.07) is 7.57. The summed E-state index contributed by atoms with van der Waals surface area (Å²) in [5, 5.41) is 0.711. The van der Waals surface area contributed by atoms with Crippen molar-refractivity contribution in [3.63, 3.8) is 0 Å². The molecule has 0 aromatic heterocycles. The standard InChI is InChI=1S/C16H21ClO2/c1-2-3-4-5-13-8-11-15(19-16(13)18)12-6-9-14(17)10-7-12/h6-7,9-10,13,15H,2-5,8,11H2,1H3. The average molecular weight is 281 g/mol. The second-order valence-corrected chi connectivity index (χ2v) is 5.68. The molecule has 1 aliphatic heterocycles. The van der Waals surface area contributed by atoms with Gasteiger partial charge in [-0.3, -0.25) is 4.79 Å². The normalized spacial score (nSPS) is 23.2. The van der Waals surface area contributed by atoms with Crippen LogP contribution in [0.25, 0.3) is 0 Å². The second-order valence-electron chi connectivity index (χ2n) is 5.25. The first-order valence-corrected chi connectivity index (χ1v) is 7.54. The van der Waals surface area contributed by atoms with E-state index >= 15 is 0 Å². The van der Waals surface area contributed by atoms with Crippen LogP contribution in [-0.4, -0.2) is 5.97 Å². The molecular weight excluding hydrogens is 260 g/mol. The van der Waals surface area contributed by atoms with Crippen molar-refractivity contribution >= 4 is 17.6 Å². The topological polar surface area (TPSA) is 26.3 Å². The zero-order chi connectivity index (χ0) is 13.7. The number of ether oxygens (including phenoxy) is 1. The molecule has 2 unspecified atom stereocenters. The van der Waals surface area contributed by atoms with Crippen LogP contribution in [0.2, 0.25) is 5.02 Å². The van der Waals surface area contributed by atoms with Crippen LogP contribution in [0.15, 0.2) is 24.3 Å². The quantitative estimate of drug-likeness (QED) is 0.565. The highest BCUT2D eigenvalue weighted by molar-refractivity contribution is 6.30. The lowest BCUT2D eigenvalue weighted by Gasteiger charge is -2.28. The summed E-state index contributed by atoms with van der Waals surface area (Å²) in [7, 11) is 0. The van der Waals surface area contributed by atoms with Crippen molar-refractivity contribution in [2.45, 2.75) is 51.6 Å². The zero-order valence-electron chi connectivity index (χ0n) is 11.4. The molecule has 1 heterocycles. The minimum Gasteiger partial charge on any atom is -0.457 e. The van der Waals surface area contributed by atoms with Gasteiger partial charge in [-0.25, -0.2) is 0 Å². The number of hydrogen-bond donors (Lipinski definition) is 0. The summed E-state index contributed by atoms with van der Waals surface area (Å²) in [6.45, 7) is 2.18. The van der Waals surface area contributed by atoms with Crippen LogP contribution in [0.4, 0.5) is 0 Å². The van der Waals surface area contributed by atoms with Gasteiger partial charge >= 0.3 is 5.97 Å². The molecule has 0 amide bonds. The maximum atomic E-state index is 12.0. The Bertz CT molecular complexity index is 413. The molecule has 1 aliphatic rings. The summed E-state index contributed by atoms with van der Waals surface area (Å²) < 4.78 is 5.57. The lowest BCUT2D eigenvalue weighted by atomic mass is 9.90. The monoisotopic (exact) mass is 280 g/mol. The van der Waals surface area contributed by atoms with Gasteiger partial charge in [-0.2, -0.15) is 0 Å². The molecule has 0 radical (unpaired) electrons. The van der Waals surface area contributed by atoms with Gasteiger partial charge in [0.15, 0.2) is 0 Å². The fourth-order valence-corrected chi connectivity index (χ4v) is 2.71. The molecular formula is C16H21ClO2. The van der Waals surface area contributed by atoms with Crippen molar-refractivity contribution in [2.24, 2.45) is 5.92 Å². The number of rotatable bonds is 5. The van der Waals surface area contributed by atoms with E-state index in [0.717, 1.165) is 31.2 Å². The lowest BCUT2D eigenvalue weighted by molar-refractivity contribution is -0.161. The lowest BCUT2D eigenvalue weighted by Crippen LogP contribution is -2.26. The van der Waals surface area contributed by atoms with E-state index < -0.39 is 0 Å². The molecule has 0 saturated carbocycles. The largest absolute Gasteiger partial charge is 0.457 e. The molecule has 104 valence electrons. The highest BCUT2D eigenvalue weighted by Gasteiger charge is 2.30. The van der Waals surface area contributed by atoms with Crippen molar-refractivity contribution in [1.82, 2.24) is 0 Å². The van der Waals surface area contributed by atoms with Crippen molar-refractivity contribution in [1.29, 1.82) is 0 Å². The van der Waals surface area contributed by atoms with Crippen LogP contribution >= 0.6 is 11.6 Å². The number of halogens is 1. The molecule has 0 aliphatic carbocycles. The van der Waals surface area contributed by atoms with Crippen molar-refractivity contribution in [3.8, 4) is 0 Å². The van der Waals surface area contributed by atoms with E-state index in [2.05, 4.69) is 6.92 Å². The molecule has 19 heavy (non-hydrogen) atoms. The van der Waals surface area contributed by atoms with E-state index in [1.807, 2.05) is 24.3 Å². The van der Waals surface area contributed by atoms with Gasteiger partial charge in [-0.15, -0.1) is 0 Å². The summed E-state index contributed by atoms with van der Waals surface area (Å²) in [5.74, 6) is 0.0809. The van der Waals surface area contributed by atoms with Gasteiger partial charge in [-0.05, 0) is 37.0 Å². The Morgan fingerprint density at radius 1 is 1.21 bits per heavy atom. The van der Waals surface area contributed by atoms with Crippen LogP contribution < -0.4 is 0 Å². The highest BCUT2D eigenvalue weighted by atomic mass is 35.5. The van der Waals surface area contributed by atoms with Crippen LogP contribution in [0.3, 0.4) is 0 Å². The van der Waals surface area contributed by atoms with Crippen LogP contribution in [0.1, 0.15) is 57.1 Å². The predicted octanol–water partition coefficient (Wildman–Crippen LogP) is 4.91. The van der Waals surface area contributed by atoms with Crippen LogP contribution in [-0.2, 0) is 9.53 Å². The fraction of sp³-hybridized carbons (Fsp3) is 0.562. The number of carbonyl (C=O) groups excluding carboxylic acids is 1. The molecule has 1 aromatic carbocycles. The molecule has 1 aromatic rings. The first kappa shape index (κ1) is 14.4. The average Bonchev–Trinajstić information content (AvgIpc) is 2.42. The summed E-state index contributed by atoms with van der Waals surface area (Å²) in [6.07, 6.45) is 6.26. The van der Waals surface area contributed by atoms with Crippen molar-refractivity contribution < 1.29 is 9.53 Å². The maximum Gasteiger partial charge on any atom is 0.309 e. The van der Waals surface area contributed by atoms with Gasteiger partial charge in [0.25, 0.3) is 0 Å². The van der Waals surface area contributed by atoms with Crippen molar-refractivity contribution in [3.05, 3.63) is 34.9 Å². The molecule has 2 atom stereocenters. The highest BCUT2D eigenvalue weighted by Crippen LogP contribution is 2.33. The number of benzene rings is 1. The van der Waals surface area contributed by atoms with Gasteiger partial charge in [-0.1, -0.05) is 49.9 Å². The molecule has 1 saturated heterocycles. The summed E-state index contributed by atoms with van der Waals surface area (Å²) in [4.78, 5) is 12.0. The van der Waals surface area contributed by atoms with E-state index in [9.17, 15) is 4.79 Å². The number of cyclic esters (lactones) is 1. The molecule has 0 N–H and O–H groups in total. The third kappa shape index (κ3) is 3.97. The minimum absolute atomic E-state index is 0.0256. The molecule has 3 heteroatoms. The SMILES string of the molecule is CCCCCC1CCC(c2ccc(Cl)cc2)OC1=O. The first-order chi connectivity index (χ1) is 9.20.